The van der Waals surface area contributed by atoms with E-state index < -0.39 is 0 Å². The number of rotatable bonds is 4. The fourth-order valence-electron chi connectivity index (χ4n) is 4.46. The second-order valence-corrected chi connectivity index (χ2v) is 8.42. The van der Waals surface area contributed by atoms with Crippen molar-refractivity contribution in [2.75, 3.05) is 13.1 Å². The Balaban J connectivity index is 1.42. The van der Waals surface area contributed by atoms with Gasteiger partial charge in [0.15, 0.2) is 0 Å². The first-order valence-corrected chi connectivity index (χ1v) is 10.4. The molecule has 0 radical (unpaired) electrons. The van der Waals surface area contributed by atoms with E-state index in [1.165, 1.54) is 30.0 Å². The largest absolute Gasteiger partial charge is 0.337 e. The second kappa shape index (κ2) is 6.95. The zero-order valence-corrected chi connectivity index (χ0v) is 16.4. The molecule has 2 fully saturated rings. The SMILES string of the molecule is CC(C)c1nn(-c2noc(C3CCN(C4CCC4)CC3)n2)c2c(F)cccc12. The molecule has 1 aliphatic carbocycles. The summed E-state index contributed by atoms with van der Waals surface area (Å²) in [5, 5.41) is 9.56. The van der Waals surface area contributed by atoms with Gasteiger partial charge in [-0.1, -0.05) is 32.4 Å². The number of piperidine rings is 1. The molecule has 1 aromatic carbocycles. The van der Waals surface area contributed by atoms with Gasteiger partial charge in [-0.05, 0) is 55.9 Å². The molecule has 7 heteroatoms. The number of likely N-dealkylation sites (tertiary alicyclic amines) is 1. The third-order valence-electron chi connectivity index (χ3n) is 6.32. The van der Waals surface area contributed by atoms with Gasteiger partial charge in [0.1, 0.15) is 11.3 Å². The van der Waals surface area contributed by atoms with Crippen LogP contribution < -0.4 is 0 Å². The molecule has 6 nitrogen and oxygen atoms in total. The smallest absolute Gasteiger partial charge is 0.291 e. The topological polar surface area (TPSA) is 60.0 Å². The Morgan fingerprint density at radius 1 is 1.14 bits per heavy atom. The van der Waals surface area contributed by atoms with Crippen LogP contribution in [0, 0.1) is 5.82 Å². The molecule has 1 aliphatic heterocycles. The van der Waals surface area contributed by atoms with Crippen molar-refractivity contribution < 1.29 is 8.91 Å². The summed E-state index contributed by atoms with van der Waals surface area (Å²) in [5.74, 6) is 1.09. The van der Waals surface area contributed by atoms with E-state index in [2.05, 4.69) is 34.0 Å². The minimum atomic E-state index is -0.322. The minimum Gasteiger partial charge on any atom is -0.337 e. The van der Waals surface area contributed by atoms with Crippen molar-refractivity contribution in [3.8, 4) is 5.95 Å². The number of para-hydroxylation sites is 1. The van der Waals surface area contributed by atoms with E-state index in [-0.39, 0.29) is 17.7 Å². The highest BCUT2D eigenvalue weighted by molar-refractivity contribution is 5.84. The van der Waals surface area contributed by atoms with E-state index in [0.29, 0.717) is 17.4 Å². The van der Waals surface area contributed by atoms with Gasteiger partial charge in [0.05, 0.1) is 5.69 Å². The van der Waals surface area contributed by atoms with E-state index in [9.17, 15) is 4.39 Å². The Hall–Kier alpha value is -2.28. The van der Waals surface area contributed by atoms with Crippen molar-refractivity contribution in [2.45, 2.75) is 63.8 Å². The molecular weight excluding hydrogens is 357 g/mol. The van der Waals surface area contributed by atoms with E-state index in [1.54, 1.807) is 6.07 Å². The Morgan fingerprint density at radius 3 is 2.61 bits per heavy atom. The standard InChI is InChI=1S/C21H26FN5O/c1-13(2)18-16-7-4-8-17(22)19(16)27(24-18)21-23-20(28-25-21)14-9-11-26(12-10-14)15-5-3-6-15/h4,7-8,13-15H,3,5-6,9-12H2,1-2H3. The first kappa shape index (κ1) is 17.8. The van der Waals surface area contributed by atoms with Gasteiger partial charge in [-0.2, -0.15) is 14.8 Å². The van der Waals surface area contributed by atoms with Crippen molar-refractivity contribution >= 4 is 10.9 Å². The lowest BCUT2D eigenvalue weighted by molar-refractivity contribution is 0.0923. The van der Waals surface area contributed by atoms with E-state index in [0.717, 1.165) is 43.1 Å². The predicted octanol–water partition coefficient (Wildman–Crippen LogP) is 4.40. The van der Waals surface area contributed by atoms with Crippen molar-refractivity contribution in [3.63, 3.8) is 0 Å². The Labute approximate surface area is 163 Å². The van der Waals surface area contributed by atoms with Crippen LogP contribution in [0.5, 0.6) is 0 Å². The molecule has 28 heavy (non-hydrogen) atoms. The van der Waals surface area contributed by atoms with Gasteiger partial charge in [-0.3, -0.25) is 0 Å². The third kappa shape index (κ3) is 2.92. The summed E-state index contributed by atoms with van der Waals surface area (Å²) in [4.78, 5) is 7.21. The number of benzene rings is 1. The zero-order chi connectivity index (χ0) is 19.3. The molecule has 1 saturated heterocycles. The molecule has 0 N–H and O–H groups in total. The Kier molecular flexibility index (Phi) is 4.42. The van der Waals surface area contributed by atoms with Crippen molar-refractivity contribution in [1.29, 1.82) is 0 Å². The maximum atomic E-state index is 14.6. The summed E-state index contributed by atoms with van der Waals surface area (Å²) >= 11 is 0. The molecule has 3 aromatic rings. The molecule has 2 aromatic heterocycles. The summed E-state index contributed by atoms with van der Waals surface area (Å²) in [6, 6.07) is 5.84. The number of halogens is 1. The fraction of sp³-hybridized carbons (Fsp3) is 0.571. The maximum absolute atomic E-state index is 14.6. The molecule has 5 rings (SSSR count). The summed E-state index contributed by atoms with van der Waals surface area (Å²) in [6.45, 7) is 6.27. The van der Waals surface area contributed by atoms with Crippen LogP contribution in [0.25, 0.3) is 16.9 Å². The summed E-state index contributed by atoms with van der Waals surface area (Å²) in [6.07, 6.45) is 6.11. The van der Waals surface area contributed by atoms with Crippen LogP contribution in [0.2, 0.25) is 0 Å². The molecule has 3 heterocycles. The van der Waals surface area contributed by atoms with Crippen LogP contribution in [-0.4, -0.2) is 44.0 Å². The summed E-state index contributed by atoms with van der Waals surface area (Å²) in [5.41, 5.74) is 1.26. The van der Waals surface area contributed by atoms with Gasteiger partial charge >= 0.3 is 0 Å². The van der Waals surface area contributed by atoms with Crippen molar-refractivity contribution in [1.82, 2.24) is 24.8 Å². The molecular formula is C21H26FN5O. The molecule has 2 aliphatic rings. The van der Waals surface area contributed by atoms with Crippen molar-refractivity contribution in [2.24, 2.45) is 0 Å². The second-order valence-electron chi connectivity index (χ2n) is 8.42. The Morgan fingerprint density at radius 2 is 1.93 bits per heavy atom. The molecule has 1 saturated carbocycles. The fourth-order valence-corrected chi connectivity index (χ4v) is 4.46. The van der Waals surface area contributed by atoms with Gasteiger partial charge in [-0.15, -0.1) is 0 Å². The number of hydrogen-bond acceptors (Lipinski definition) is 5. The Bertz CT molecular complexity index is 982. The lowest BCUT2D eigenvalue weighted by atomic mass is 9.88. The van der Waals surface area contributed by atoms with Gasteiger partial charge in [-0.25, -0.2) is 4.39 Å². The first-order valence-electron chi connectivity index (χ1n) is 10.4. The molecule has 0 spiro atoms. The van der Waals surface area contributed by atoms with Gasteiger partial charge in [0.25, 0.3) is 5.95 Å². The van der Waals surface area contributed by atoms with Crippen LogP contribution in [0.15, 0.2) is 22.7 Å². The van der Waals surface area contributed by atoms with Crippen LogP contribution in [0.4, 0.5) is 4.39 Å². The quantitative estimate of drug-likeness (QED) is 0.668. The predicted molar refractivity (Wildman–Crippen MR) is 104 cm³/mol. The molecule has 0 amide bonds. The number of hydrogen-bond donors (Lipinski definition) is 0. The lowest BCUT2D eigenvalue weighted by Gasteiger charge is -2.41. The normalized spacial score (nSPS) is 19.6. The zero-order valence-electron chi connectivity index (χ0n) is 16.4. The molecule has 0 bridgehead atoms. The maximum Gasteiger partial charge on any atom is 0.291 e. The van der Waals surface area contributed by atoms with Gasteiger partial charge in [0, 0.05) is 17.3 Å². The van der Waals surface area contributed by atoms with E-state index >= 15 is 0 Å². The van der Waals surface area contributed by atoms with Crippen LogP contribution in [0.3, 0.4) is 0 Å². The average Bonchev–Trinajstić information content (AvgIpc) is 3.26. The average molecular weight is 383 g/mol. The highest BCUT2D eigenvalue weighted by Gasteiger charge is 2.31. The van der Waals surface area contributed by atoms with Gasteiger partial charge in [0.2, 0.25) is 5.89 Å². The minimum absolute atomic E-state index is 0.174. The monoisotopic (exact) mass is 383 g/mol. The summed E-state index contributed by atoms with van der Waals surface area (Å²) in [7, 11) is 0. The van der Waals surface area contributed by atoms with Crippen LogP contribution in [0.1, 0.15) is 69.4 Å². The van der Waals surface area contributed by atoms with E-state index in [1.807, 2.05) is 6.07 Å². The highest BCUT2D eigenvalue weighted by Crippen LogP contribution is 2.33. The number of aromatic nitrogens is 4. The first-order chi connectivity index (χ1) is 13.6. The van der Waals surface area contributed by atoms with E-state index in [4.69, 9.17) is 4.52 Å². The number of fused-ring (bicyclic) bond motifs is 1. The summed E-state index contributed by atoms with van der Waals surface area (Å²) < 4.78 is 21.7. The van der Waals surface area contributed by atoms with Crippen LogP contribution in [-0.2, 0) is 0 Å². The highest BCUT2D eigenvalue weighted by atomic mass is 19.1. The molecule has 0 atom stereocenters. The van der Waals surface area contributed by atoms with Crippen LogP contribution >= 0.6 is 0 Å². The number of nitrogens with zero attached hydrogens (tertiary/aromatic N) is 5. The molecule has 0 unspecified atom stereocenters. The third-order valence-corrected chi connectivity index (χ3v) is 6.32. The van der Waals surface area contributed by atoms with Gasteiger partial charge < -0.3 is 9.42 Å². The van der Waals surface area contributed by atoms with Crippen molar-refractivity contribution in [3.05, 3.63) is 35.6 Å². The molecule has 148 valence electrons. The lowest BCUT2D eigenvalue weighted by Crippen LogP contribution is -2.44.